The molecule has 8 heteroatoms. The third-order valence-corrected chi connectivity index (χ3v) is 3.84. The molecule has 8 nitrogen and oxygen atoms in total. The van der Waals surface area contributed by atoms with Gasteiger partial charge in [-0.05, 0) is 36.4 Å². The maximum atomic E-state index is 12.5. The van der Waals surface area contributed by atoms with Crippen LogP contribution in [0.25, 0.3) is 0 Å². The van der Waals surface area contributed by atoms with Crippen LogP contribution in [-0.2, 0) is 0 Å². The van der Waals surface area contributed by atoms with E-state index in [1.165, 1.54) is 12.4 Å². The summed E-state index contributed by atoms with van der Waals surface area (Å²) in [5.41, 5.74) is 1.90. The quantitative estimate of drug-likeness (QED) is 0.680. The fourth-order valence-electron chi connectivity index (χ4n) is 2.42. The summed E-state index contributed by atoms with van der Waals surface area (Å²) in [5, 5.41) is 14.7. The Morgan fingerprint density at radius 3 is 2.50 bits per heavy atom. The molecule has 140 valence electrons. The van der Waals surface area contributed by atoms with E-state index in [9.17, 15) is 4.79 Å². The number of ether oxygens (including phenoxy) is 2. The molecule has 1 aromatic heterocycles. The number of aromatic nitrogens is 2. The van der Waals surface area contributed by atoms with E-state index >= 15 is 0 Å². The summed E-state index contributed by atoms with van der Waals surface area (Å²) in [6, 6.07) is 15.4. The molecule has 0 bridgehead atoms. The average molecular weight is 375 g/mol. The topological polar surface area (TPSA) is 109 Å². The number of amides is 1. The molecule has 0 fully saturated rings. The highest BCUT2D eigenvalue weighted by Crippen LogP contribution is 2.31. The molecule has 28 heavy (non-hydrogen) atoms. The molecule has 0 unspecified atom stereocenters. The summed E-state index contributed by atoms with van der Waals surface area (Å²) in [7, 11) is 3.13. The van der Waals surface area contributed by atoms with Gasteiger partial charge < -0.3 is 20.1 Å². The third kappa shape index (κ3) is 4.34. The Hall–Kier alpha value is -4.12. The number of rotatable bonds is 6. The summed E-state index contributed by atoms with van der Waals surface area (Å²) in [6.45, 7) is 0. The van der Waals surface area contributed by atoms with Gasteiger partial charge in [-0.15, -0.1) is 0 Å². The number of benzene rings is 2. The van der Waals surface area contributed by atoms with Gasteiger partial charge in [0, 0.05) is 17.8 Å². The highest BCUT2D eigenvalue weighted by Gasteiger charge is 2.11. The molecule has 0 saturated heterocycles. The molecule has 1 amide bonds. The van der Waals surface area contributed by atoms with Crippen molar-refractivity contribution < 1.29 is 14.3 Å². The number of carbonyl (C=O) groups excluding carboxylic acids is 1. The zero-order valence-electron chi connectivity index (χ0n) is 15.3. The lowest BCUT2D eigenvalue weighted by Gasteiger charge is -2.12. The summed E-state index contributed by atoms with van der Waals surface area (Å²) in [6.07, 6.45) is 1.29. The minimum atomic E-state index is -0.396. The Morgan fingerprint density at radius 1 is 1.04 bits per heavy atom. The van der Waals surface area contributed by atoms with Crippen molar-refractivity contribution in [2.75, 3.05) is 24.9 Å². The van der Waals surface area contributed by atoms with Crippen LogP contribution in [0.5, 0.6) is 11.5 Å². The van der Waals surface area contributed by atoms with Crippen LogP contribution < -0.4 is 20.1 Å². The first-order chi connectivity index (χ1) is 13.6. The van der Waals surface area contributed by atoms with Crippen molar-refractivity contribution in [1.82, 2.24) is 9.97 Å². The second kappa shape index (κ2) is 8.51. The number of methoxy groups -OCH3 is 2. The number of hydrogen-bond donors (Lipinski definition) is 2. The predicted octanol–water partition coefficient (Wildman–Crippen LogP) is 3.36. The molecule has 0 saturated carbocycles. The fourth-order valence-corrected chi connectivity index (χ4v) is 2.42. The van der Waals surface area contributed by atoms with E-state index in [1.807, 2.05) is 6.07 Å². The minimum Gasteiger partial charge on any atom is -0.497 e. The highest BCUT2D eigenvalue weighted by molar-refractivity contribution is 6.03. The van der Waals surface area contributed by atoms with Gasteiger partial charge in [0.15, 0.2) is 0 Å². The Balaban J connectivity index is 1.78. The lowest BCUT2D eigenvalue weighted by molar-refractivity contribution is 0.102. The van der Waals surface area contributed by atoms with E-state index in [0.717, 1.165) is 0 Å². The van der Waals surface area contributed by atoms with Crippen LogP contribution in [-0.4, -0.2) is 30.1 Å². The molecule has 0 aliphatic rings. The number of anilines is 3. The number of hydrogen-bond acceptors (Lipinski definition) is 7. The maximum Gasteiger partial charge on any atom is 0.274 e. The lowest BCUT2D eigenvalue weighted by atomic mass is 10.2. The average Bonchev–Trinajstić information content (AvgIpc) is 2.74. The Kier molecular flexibility index (Phi) is 5.67. The monoisotopic (exact) mass is 375 g/mol. The molecule has 0 aliphatic heterocycles. The first kappa shape index (κ1) is 18.7. The van der Waals surface area contributed by atoms with E-state index in [2.05, 4.69) is 20.6 Å². The first-order valence-corrected chi connectivity index (χ1v) is 8.25. The summed E-state index contributed by atoms with van der Waals surface area (Å²) in [4.78, 5) is 20.6. The molecule has 0 radical (unpaired) electrons. The fraction of sp³-hybridized carbons (Fsp3) is 0.100. The Bertz CT molecular complexity index is 1030. The second-order valence-electron chi connectivity index (χ2n) is 5.62. The standard InChI is InChI=1S/C20H17N5O3/c1-27-15-7-8-18(28-2)16(9-15)25-19-10-17(22-12-23-19)20(26)24-14-5-3-13(11-21)4-6-14/h3-10,12H,1-2H3,(H,24,26)(H,22,23,25). The van der Waals surface area contributed by atoms with Crippen LogP contribution in [0.2, 0.25) is 0 Å². The maximum absolute atomic E-state index is 12.5. The van der Waals surface area contributed by atoms with Gasteiger partial charge in [-0.1, -0.05) is 0 Å². The summed E-state index contributed by atoms with van der Waals surface area (Å²) >= 11 is 0. The third-order valence-electron chi connectivity index (χ3n) is 3.84. The van der Waals surface area contributed by atoms with Crippen molar-refractivity contribution >= 4 is 23.1 Å². The van der Waals surface area contributed by atoms with Gasteiger partial charge in [0.1, 0.15) is 29.3 Å². The van der Waals surface area contributed by atoms with Crippen molar-refractivity contribution in [3.63, 3.8) is 0 Å². The molecule has 3 aromatic rings. The van der Waals surface area contributed by atoms with Gasteiger partial charge in [0.05, 0.1) is 31.5 Å². The van der Waals surface area contributed by atoms with Gasteiger partial charge in [-0.3, -0.25) is 4.79 Å². The van der Waals surface area contributed by atoms with Crippen molar-refractivity contribution in [3.8, 4) is 17.6 Å². The largest absolute Gasteiger partial charge is 0.497 e. The second-order valence-corrected chi connectivity index (χ2v) is 5.62. The molecular formula is C20H17N5O3. The number of nitriles is 1. The highest BCUT2D eigenvalue weighted by atomic mass is 16.5. The van der Waals surface area contributed by atoms with E-state index in [4.69, 9.17) is 14.7 Å². The van der Waals surface area contributed by atoms with Crippen LogP contribution in [0, 0.1) is 11.3 Å². The van der Waals surface area contributed by atoms with E-state index in [-0.39, 0.29) is 5.69 Å². The van der Waals surface area contributed by atoms with Crippen molar-refractivity contribution in [2.45, 2.75) is 0 Å². The molecule has 0 aliphatic carbocycles. The summed E-state index contributed by atoms with van der Waals surface area (Å²) in [5.74, 6) is 1.28. The van der Waals surface area contributed by atoms with Crippen LogP contribution in [0.15, 0.2) is 54.9 Å². The van der Waals surface area contributed by atoms with Crippen LogP contribution >= 0.6 is 0 Å². The zero-order chi connectivity index (χ0) is 19.9. The van der Waals surface area contributed by atoms with E-state index < -0.39 is 5.91 Å². The molecule has 2 aromatic carbocycles. The molecule has 1 heterocycles. The van der Waals surface area contributed by atoms with Gasteiger partial charge in [0.25, 0.3) is 5.91 Å². The Labute approximate surface area is 161 Å². The molecule has 0 atom stereocenters. The van der Waals surface area contributed by atoms with Gasteiger partial charge in [0.2, 0.25) is 0 Å². The summed E-state index contributed by atoms with van der Waals surface area (Å²) < 4.78 is 10.6. The van der Waals surface area contributed by atoms with Gasteiger partial charge in [-0.2, -0.15) is 5.26 Å². The Morgan fingerprint density at radius 2 is 1.82 bits per heavy atom. The first-order valence-electron chi connectivity index (χ1n) is 8.25. The van der Waals surface area contributed by atoms with Crippen LogP contribution in [0.3, 0.4) is 0 Å². The van der Waals surface area contributed by atoms with Gasteiger partial charge >= 0.3 is 0 Å². The zero-order valence-corrected chi connectivity index (χ0v) is 15.3. The molecule has 3 rings (SSSR count). The number of carbonyl (C=O) groups is 1. The molecule has 2 N–H and O–H groups in total. The van der Waals surface area contributed by atoms with Crippen molar-refractivity contribution in [3.05, 3.63) is 66.1 Å². The smallest absolute Gasteiger partial charge is 0.274 e. The molecular weight excluding hydrogens is 358 g/mol. The minimum absolute atomic E-state index is 0.184. The number of nitrogens with one attached hydrogen (secondary N) is 2. The lowest BCUT2D eigenvalue weighted by Crippen LogP contribution is -2.14. The van der Waals surface area contributed by atoms with Crippen molar-refractivity contribution in [1.29, 1.82) is 5.26 Å². The van der Waals surface area contributed by atoms with Gasteiger partial charge in [-0.25, -0.2) is 9.97 Å². The van der Waals surface area contributed by atoms with Crippen LogP contribution in [0.1, 0.15) is 16.1 Å². The van der Waals surface area contributed by atoms with Crippen molar-refractivity contribution in [2.24, 2.45) is 0 Å². The predicted molar refractivity (Wildman–Crippen MR) is 104 cm³/mol. The van der Waals surface area contributed by atoms with E-state index in [1.54, 1.807) is 56.7 Å². The van der Waals surface area contributed by atoms with E-state index in [0.29, 0.717) is 34.3 Å². The SMILES string of the molecule is COc1ccc(OC)c(Nc2cc(C(=O)Nc3ccc(C#N)cc3)ncn2)c1. The number of nitrogens with zero attached hydrogens (tertiary/aromatic N) is 3. The normalized spacial score (nSPS) is 9.89. The van der Waals surface area contributed by atoms with Crippen LogP contribution in [0.4, 0.5) is 17.2 Å². The molecule has 0 spiro atoms.